The summed E-state index contributed by atoms with van der Waals surface area (Å²) in [6.45, 7) is 11.5. The highest BCUT2D eigenvalue weighted by Crippen LogP contribution is 2.28. The van der Waals surface area contributed by atoms with E-state index in [0.29, 0.717) is 44.2 Å². The van der Waals surface area contributed by atoms with Crippen LogP contribution in [0.2, 0.25) is 0 Å². The molecule has 7 nitrogen and oxygen atoms in total. The predicted octanol–water partition coefficient (Wildman–Crippen LogP) is 0.105. The van der Waals surface area contributed by atoms with E-state index in [1.54, 1.807) is 4.31 Å². The first-order chi connectivity index (χ1) is 13.7. The molecular weight excluding hydrogens is 390 g/mol. The number of quaternary nitrogens is 1. The molecule has 8 heteroatoms. The van der Waals surface area contributed by atoms with Gasteiger partial charge in [0.1, 0.15) is 0 Å². The molecule has 0 unspecified atom stereocenters. The van der Waals surface area contributed by atoms with Crippen molar-refractivity contribution >= 4 is 15.9 Å². The van der Waals surface area contributed by atoms with Crippen LogP contribution in [-0.4, -0.2) is 70.6 Å². The van der Waals surface area contributed by atoms with Crippen molar-refractivity contribution in [2.24, 2.45) is 0 Å². The molecule has 1 atom stereocenters. The summed E-state index contributed by atoms with van der Waals surface area (Å²) in [5.74, 6) is 0.00723. The van der Waals surface area contributed by atoms with Crippen LogP contribution in [0.25, 0.3) is 0 Å². The molecule has 2 saturated heterocycles. The second-order valence-electron chi connectivity index (χ2n) is 8.36. The molecule has 29 heavy (non-hydrogen) atoms. The van der Waals surface area contributed by atoms with Crippen LogP contribution in [0.3, 0.4) is 0 Å². The molecule has 3 rings (SSSR count). The molecule has 0 spiro atoms. The molecule has 1 amide bonds. The number of piperazine rings is 1. The summed E-state index contributed by atoms with van der Waals surface area (Å²) in [6, 6.07) is 2.04. The first-order valence-corrected chi connectivity index (χ1v) is 11.9. The van der Waals surface area contributed by atoms with Crippen LogP contribution >= 0.6 is 0 Å². The van der Waals surface area contributed by atoms with Gasteiger partial charge in [-0.2, -0.15) is 4.31 Å². The van der Waals surface area contributed by atoms with E-state index in [1.165, 1.54) is 0 Å². The van der Waals surface area contributed by atoms with Gasteiger partial charge in [-0.1, -0.05) is 6.07 Å². The zero-order valence-corrected chi connectivity index (χ0v) is 18.8. The lowest BCUT2D eigenvalue weighted by atomic mass is 10.0. The zero-order chi connectivity index (χ0) is 21.2. The number of ether oxygens (including phenoxy) is 1. The summed E-state index contributed by atoms with van der Waals surface area (Å²) in [5, 5.41) is 2.95. The highest BCUT2D eigenvalue weighted by atomic mass is 32.2. The Hall–Kier alpha value is -1.48. The fraction of sp³-hybridized carbons (Fsp3) is 0.667. The molecule has 1 aromatic rings. The van der Waals surface area contributed by atoms with Crippen molar-refractivity contribution in [3.8, 4) is 0 Å². The number of hydrogen-bond donors (Lipinski definition) is 2. The third kappa shape index (κ3) is 4.99. The molecule has 0 aliphatic carbocycles. The first-order valence-electron chi connectivity index (χ1n) is 10.5. The van der Waals surface area contributed by atoms with Crippen LogP contribution in [0.1, 0.15) is 35.1 Å². The number of nitrogens with one attached hydrogen (secondary N) is 2. The highest BCUT2D eigenvalue weighted by molar-refractivity contribution is 7.89. The van der Waals surface area contributed by atoms with Crippen LogP contribution in [0.15, 0.2) is 11.0 Å². The largest absolute Gasteiger partial charge is 0.376 e. The van der Waals surface area contributed by atoms with Crippen LogP contribution in [0, 0.1) is 27.7 Å². The fourth-order valence-corrected chi connectivity index (χ4v) is 6.26. The minimum absolute atomic E-state index is 0.00723. The second kappa shape index (κ2) is 9.12. The normalized spacial score (nSPS) is 21.4. The van der Waals surface area contributed by atoms with E-state index in [2.05, 4.69) is 5.32 Å². The number of amides is 1. The number of carbonyl (C=O) groups is 1. The van der Waals surface area contributed by atoms with Crippen LogP contribution < -0.4 is 10.2 Å². The molecule has 0 aromatic heterocycles. The summed E-state index contributed by atoms with van der Waals surface area (Å²) in [4.78, 5) is 13.8. The van der Waals surface area contributed by atoms with Gasteiger partial charge >= 0.3 is 0 Å². The standard InChI is InChI=1S/C21H33N3O4S/c1-15-12-16(2)18(4)21(17(15)3)29(26,27)24-9-7-23(8-10-24)14-20(25)22-13-19-6-5-11-28-19/h12,19H,5-11,13-14H2,1-4H3,(H,22,25)/p+1/t19-/m0/s1. The number of aryl methyl sites for hydroxylation is 2. The Balaban J connectivity index is 1.58. The fourth-order valence-electron chi connectivity index (χ4n) is 4.24. The van der Waals surface area contributed by atoms with Gasteiger partial charge in [0.05, 0.1) is 37.2 Å². The van der Waals surface area contributed by atoms with E-state index >= 15 is 0 Å². The monoisotopic (exact) mass is 424 g/mol. The van der Waals surface area contributed by atoms with E-state index in [0.717, 1.165) is 46.6 Å². The van der Waals surface area contributed by atoms with E-state index in [9.17, 15) is 13.2 Å². The van der Waals surface area contributed by atoms with Gasteiger partial charge in [-0.15, -0.1) is 0 Å². The molecule has 0 saturated carbocycles. The van der Waals surface area contributed by atoms with Crippen LogP contribution in [0.5, 0.6) is 0 Å². The van der Waals surface area contributed by atoms with E-state index in [1.807, 2.05) is 33.8 Å². The third-order valence-electron chi connectivity index (χ3n) is 6.29. The van der Waals surface area contributed by atoms with E-state index in [-0.39, 0.29) is 12.0 Å². The lowest BCUT2D eigenvalue weighted by Gasteiger charge is -2.32. The average molecular weight is 425 g/mol. The Bertz CT molecular complexity index is 829. The number of carbonyl (C=O) groups excluding carboxylic acids is 1. The van der Waals surface area contributed by atoms with Gasteiger partial charge in [-0.3, -0.25) is 4.79 Å². The quantitative estimate of drug-likeness (QED) is 0.679. The van der Waals surface area contributed by atoms with Crippen molar-refractivity contribution in [1.29, 1.82) is 0 Å². The Labute approximate surface area is 174 Å². The zero-order valence-electron chi connectivity index (χ0n) is 18.0. The van der Waals surface area contributed by atoms with Gasteiger partial charge in [-0.05, 0) is 62.8 Å². The SMILES string of the molecule is Cc1cc(C)c(C)c(S(=O)(=O)N2CC[NH+](CC(=O)NC[C@@H]3CCCO3)CC2)c1C. The Morgan fingerprint density at radius 1 is 1.17 bits per heavy atom. The maximum atomic E-state index is 13.3. The van der Waals surface area contributed by atoms with Crippen LogP contribution in [0.4, 0.5) is 0 Å². The summed E-state index contributed by atoms with van der Waals surface area (Å²) >= 11 is 0. The maximum Gasteiger partial charge on any atom is 0.275 e. The average Bonchev–Trinajstić information content (AvgIpc) is 3.19. The minimum Gasteiger partial charge on any atom is -0.376 e. The van der Waals surface area contributed by atoms with Crippen molar-refractivity contribution < 1.29 is 22.8 Å². The number of rotatable bonds is 6. The molecule has 2 N–H and O–H groups in total. The van der Waals surface area contributed by atoms with E-state index < -0.39 is 10.0 Å². The molecule has 2 aliphatic heterocycles. The molecule has 0 bridgehead atoms. The van der Waals surface area contributed by atoms with Crippen molar-refractivity contribution in [2.75, 3.05) is 45.9 Å². The smallest absolute Gasteiger partial charge is 0.275 e. The maximum absolute atomic E-state index is 13.3. The van der Waals surface area contributed by atoms with Gasteiger partial charge in [-0.25, -0.2) is 8.42 Å². The topological polar surface area (TPSA) is 80.2 Å². The molecule has 2 fully saturated rings. The molecule has 2 aliphatic rings. The van der Waals surface area contributed by atoms with Gasteiger partial charge in [0, 0.05) is 13.2 Å². The lowest BCUT2D eigenvalue weighted by molar-refractivity contribution is -0.895. The lowest BCUT2D eigenvalue weighted by Crippen LogP contribution is -3.15. The van der Waals surface area contributed by atoms with Gasteiger partial charge in [0.15, 0.2) is 6.54 Å². The summed E-state index contributed by atoms with van der Waals surface area (Å²) < 4.78 is 33.8. The van der Waals surface area contributed by atoms with E-state index in [4.69, 9.17) is 4.74 Å². The van der Waals surface area contributed by atoms with Crippen molar-refractivity contribution in [1.82, 2.24) is 9.62 Å². The van der Waals surface area contributed by atoms with Gasteiger partial charge < -0.3 is 15.0 Å². The molecule has 162 valence electrons. The molecule has 2 heterocycles. The molecule has 0 radical (unpaired) electrons. The van der Waals surface area contributed by atoms with Gasteiger partial charge in [0.25, 0.3) is 5.91 Å². The number of sulfonamides is 1. The summed E-state index contributed by atoms with van der Waals surface area (Å²) in [5.41, 5.74) is 3.66. The van der Waals surface area contributed by atoms with Gasteiger partial charge in [0.2, 0.25) is 10.0 Å². The van der Waals surface area contributed by atoms with Crippen LogP contribution in [-0.2, 0) is 19.6 Å². The Kier molecular flexibility index (Phi) is 6.98. The van der Waals surface area contributed by atoms with Crippen molar-refractivity contribution in [3.05, 3.63) is 28.3 Å². The molecular formula is C21H34N3O4S+. The summed E-state index contributed by atoms with van der Waals surface area (Å²) in [7, 11) is -3.54. The predicted molar refractivity (Wildman–Crippen MR) is 112 cm³/mol. The first kappa shape index (κ1) is 22.2. The number of nitrogens with zero attached hydrogens (tertiary/aromatic N) is 1. The minimum atomic E-state index is -3.54. The van der Waals surface area contributed by atoms with Crippen molar-refractivity contribution in [3.63, 3.8) is 0 Å². The molecule has 1 aromatic carbocycles. The van der Waals surface area contributed by atoms with Crippen molar-refractivity contribution in [2.45, 2.75) is 51.5 Å². The number of hydrogen-bond acceptors (Lipinski definition) is 4. The third-order valence-corrected chi connectivity index (χ3v) is 8.46. The second-order valence-corrected chi connectivity index (χ2v) is 10.2. The Morgan fingerprint density at radius 3 is 2.34 bits per heavy atom. The number of benzene rings is 1. The highest BCUT2D eigenvalue weighted by Gasteiger charge is 2.33. The Morgan fingerprint density at radius 2 is 1.79 bits per heavy atom. The summed E-state index contributed by atoms with van der Waals surface area (Å²) in [6.07, 6.45) is 2.20.